The second kappa shape index (κ2) is 7.70. The van der Waals surface area contributed by atoms with Gasteiger partial charge in [0.1, 0.15) is 11.4 Å². The van der Waals surface area contributed by atoms with E-state index in [1.165, 1.54) is 12.1 Å². The summed E-state index contributed by atoms with van der Waals surface area (Å²) >= 11 is 0. The molecule has 0 saturated heterocycles. The van der Waals surface area contributed by atoms with Gasteiger partial charge in [-0.05, 0) is 42.0 Å². The number of amides is 1. The van der Waals surface area contributed by atoms with Crippen LogP contribution in [-0.4, -0.2) is 34.3 Å². The molecule has 0 radical (unpaired) electrons. The van der Waals surface area contributed by atoms with E-state index in [1.54, 1.807) is 24.1 Å². The molecule has 0 aliphatic carbocycles. The Hall–Kier alpha value is -4.39. The van der Waals surface area contributed by atoms with E-state index in [-0.39, 0.29) is 11.5 Å². The molecule has 2 N–H and O–H groups in total. The molecule has 1 atom stereocenters. The van der Waals surface area contributed by atoms with Gasteiger partial charge in [0.25, 0.3) is 5.91 Å². The number of hydrogen-bond acceptors (Lipinski definition) is 4. The number of carboxylic acids is 1. The quantitative estimate of drug-likeness (QED) is 0.490. The SMILES string of the molecule is COc1cccc([C@@H]2c3c(-c4ccccc4)n[nH]c3C(=O)N2c2ccc(C(=O)O)cc2)c1. The lowest BCUT2D eigenvalue weighted by atomic mass is 9.95. The fourth-order valence-corrected chi connectivity index (χ4v) is 4.12. The molecular weight excluding hydrogens is 406 g/mol. The van der Waals surface area contributed by atoms with Gasteiger partial charge < -0.3 is 9.84 Å². The summed E-state index contributed by atoms with van der Waals surface area (Å²) in [6, 6.07) is 23.1. The molecule has 1 aliphatic rings. The number of carboxylic acid groups (broad SMARTS) is 1. The zero-order valence-electron chi connectivity index (χ0n) is 17.1. The number of carbonyl (C=O) groups excluding carboxylic acids is 1. The van der Waals surface area contributed by atoms with Crippen molar-refractivity contribution in [1.82, 2.24) is 10.2 Å². The third-order valence-corrected chi connectivity index (χ3v) is 5.62. The van der Waals surface area contributed by atoms with Crippen molar-refractivity contribution in [1.29, 1.82) is 0 Å². The molecule has 2 heterocycles. The van der Waals surface area contributed by atoms with Crippen LogP contribution < -0.4 is 9.64 Å². The van der Waals surface area contributed by atoms with E-state index in [9.17, 15) is 14.7 Å². The molecule has 0 unspecified atom stereocenters. The van der Waals surface area contributed by atoms with Crippen molar-refractivity contribution in [2.75, 3.05) is 12.0 Å². The first-order chi connectivity index (χ1) is 15.6. The summed E-state index contributed by atoms with van der Waals surface area (Å²) in [6.07, 6.45) is 0. The van der Waals surface area contributed by atoms with Crippen LogP contribution in [0.1, 0.15) is 38.0 Å². The number of ether oxygens (including phenoxy) is 1. The minimum atomic E-state index is -1.02. The van der Waals surface area contributed by atoms with Crippen LogP contribution in [0, 0.1) is 0 Å². The Kier molecular flexibility index (Phi) is 4.71. The smallest absolute Gasteiger partial charge is 0.335 e. The maximum Gasteiger partial charge on any atom is 0.335 e. The summed E-state index contributed by atoms with van der Waals surface area (Å²) in [7, 11) is 1.60. The molecule has 0 spiro atoms. The molecule has 0 fully saturated rings. The van der Waals surface area contributed by atoms with Gasteiger partial charge in [-0.3, -0.25) is 14.8 Å². The summed E-state index contributed by atoms with van der Waals surface area (Å²) in [6.45, 7) is 0. The van der Waals surface area contributed by atoms with Crippen LogP contribution in [0.5, 0.6) is 5.75 Å². The lowest BCUT2D eigenvalue weighted by molar-refractivity contribution is 0.0696. The highest BCUT2D eigenvalue weighted by molar-refractivity contribution is 6.11. The van der Waals surface area contributed by atoms with E-state index < -0.39 is 12.0 Å². The molecule has 5 rings (SSSR count). The molecule has 1 aromatic heterocycles. The zero-order chi connectivity index (χ0) is 22.2. The molecule has 4 aromatic rings. The fourth-order valence-electron chi connectivity index (χ4n) is 4.12. The Labute approximate surface area is 183 Å². The number of methoxy groups -OCH3 is 1. The van der Waals surface area contributed by atoms with E-state index in [4.69, 9.17) is 4.74 Å². The summed E-state index contributed by atoms with van der Waals surface area (Å²) in [5, 5.41) is 16.6. The minimum absolute atomic E-state index is 0.156. The monoisotopic (exact) mass is 425 g/mol. The molecule has 0 bridgehead atoms. The van der Waals surface area contributed by atoms with Gasteiger partial charge in [0, 0.05) is 16.8 Å². The second-order valence-corrected chi connectivity index (χ2v) is 7.43. The molecule has 1 amide bonds. The molecule has 1 aliphatic heterocycles. The predicted octanol–water partition coefficient (Wildman–Crippen LogP) is 4.53. The van der Waals surface area contributed by atoms with Crippen molar-refractivity contribution in [2.45, 2.75) is 6.04 Å². The van der Waals surface area contributed by atoms with Gasteiger partial charge in [0.15, 0.2) is 0 Å². The minimum Gasteiger partial charge on any atom is -0.497 e. The summed E-state index contributed by atoms with van der Waals surface area (Å²) in [4.78, 5) is 26.5. The first kappa shape index (κ1) is 19.6. The van der Waals surface area contributed by atoms with Crippen LogP contribution in [0.15, 0.2) is 78.9 Å². The standard InChI is InChI=1S/C25H19N3O4/c1-32-19-9-5-8-17(14-19)23-20-21(15-6-3-2-4-7-15)26-27-22(20)24(29)28(23)18-12-10-16(11-13-18)25(30)31/h2-14,23H,1H3,(H,26,27)(H,30,31)/t23-/m1/s1. The van der Waals surface area contributed by atoms with Crippen molar-refractivity contribution < 1.29 is 19.4 Å². The Morgan fingerprint density at radius 3 is 2.47 bits per heavy atom. The Balaban J connectivity index is 1.70. The zero-order valence-corrected chi connectivity index (χ0v) is 17.1. The Morgan fingerprint density at radius 2 is 1.78 bits per heavy atom. The van der Waals surface area contributed by atoms with E-state index >= 15 is 0 Å². The number of aromatic amines is 1. The maximum atomic E-state index is 13.5. The normalized spacial score (nSPS) is 15.0. The number of fused-ring (bicyclic) bond motifs is 1. The molecule has 32 heavy (non-hydrogen) atoms. The summed E-state index contributed by atoms with van der Waals surface area (Å²) in [5.74, 6) is -0.575. The number of H-pyrrole nitrogens is 1. The Bertz CT molecular complexity index is 1310. The third-order valence-electron chi connectivity index (χ3n) is 5.62. The number of nitrogens with one attached hydrogen (secondary N) is 1. The number of benzene rings is 3. The molecule has 3 aromatic carbocycles. The lowest BCUT2D eigenvalue weighted by Crippen LogP contribution is -2.29. The topological polar surface area (TPSA) is 95.5 Å². The maximum absolute atomic E-state index is 13.5. The van der Waals surface area contributed by atoms with Crippen LogP contribution in [0.3, 0.4) is 0 Å². The van der Waals surface area contributed by atoms with Gasteiger partial charge in [-0.25, -0.2) is 4.79 Å². The lowest BCUT2D eigenvalue weighted by Gasteiger charge is -2.27. The van der Waals surface area contributed by atoms with Crippen LogP contribution >= 0.6 is 0 Å². The van der Waals surface area contributed by atoms with Crippen LogP contribution in [-0.2, 0) is 0 Å². The van der Waals surface area contributed by atoms with Gasteiger partial charge in [0.05, 0.1) is 24.4 Å². The number of hydrogen-bond donors (Lipinski definition) is 2. The largest absolute Gasteiger partial charge is 0.497 e. The fraction of sp³-hybridized carbons (Fsp3) is 0.0800. The van der Waals surface area contributed by atoms with Crippen molar-refractivity contribution in [2.24, 2.45) is 0 Å². The van der Waals surface area contributed by atoms with Crippen molar-refractivity contribution in [3.05, 3.63) is 101 Å². The van der Waals surface area contributed by atoms with Crippen molar-refractivity contribution in [3.8, 4) is 17.0 Å². The van der Waals surface area contributed by atoms with Crippen LogP contribution in [0.25, 0.3) is 11.3 Å². The molecule has 0 saturated carbocycles. The van der Waals surface area contributed by atoms with Gasteiger partial charge >= 0.3 is 5.97 Å². The number of aromatic nitrogens is 2. The van der Waals surface area contributed by atoms with Gasteiger partial charge in [-0.2, -0.15) is 5.10 Å². The summed E-state index contributed by atoms with van der Waals surface area (Å²) < 4.78 is 5.42. The van der Waals surface area contributed by atoms with Crippen LogP contribution in [0.4, 0.5) is 5.69 Å². The third kappa shape index (κ3) is 3.11. The van der Waals surface area contributed by atoms with E-state index in [2.05, 4.69) is 10.2 Å². The summed E-state index contributed by atoms with van der Waals surface area (Å²) in [5.41, 5.74) is 4.40. The Morgan fingerprint density at radius 1 is 1.03 bits per heavy atom. The number of nitrogens with zero attached hydrogens (tertiary/aromatic N) is 2. The number of rotatable bonds is 5. The number of anilines is 1. The highest BCUT2D eigenvalue weighted by atomic mass is 16.5. The van der Waals surface area contributed by atoms with Crippen LogP contribution in [0.2, 0.25) is 0 Å². The van der Waals surface area contributed by atoms with Gasteiger partial charge in [-0.1, -0.05) is 42.5 Å². The molecule has 7 nitrogen and oxygen atoms in total. The second-order valence-electron chi connectivity index (χ2n) is 7.43. The highest BCUT2D eigenvalue weighted by Crippen LogP contribution is 2.45. The molecule has 158 valence electrons. The highest BCUT2D eigenvalue weighted by Gasteiger charge is 2.43. The van der Waals surface area contributed by atoms with E-state index in [0.29, 0.717) is 22.8 Å². The van der Waals surface area contributed by atoms with Crippen molar-refractivity contribution in [3.63, 3.8) is 0 Å². The van der Waals surface area contributed by atoms with E-state index in [0.717, 1.165) is 16.7 Å². The van der Waals surface area contributed by atoms with Crippen molar-refractivity contribution >= 4 is 17.6 Å². The molecular formula is C25H19N3O4. The first-order valence-electron chi connectivity index (χ1n) is 10.0. The van der Waals surface area contributed by atoms with Gasteiger partial charge in [0.2, 0.25) is 0 Å². The van der Waals surface area contributed by atoms with E-state index in [1.807, 2.05) is 54.6 Å². The average molecular weight is 425 g/mol. The van der Waals surface area contributed by atoms with Gasteiger partial charge in [-0.15, -0.1) is 0 Å². The first-order valence-corrected chi connectivity index (χ1v) is 10.0. The average Bonchev–Trinajstić information content (AvgIpc) is 3.38. The predicted molar refractivity (Wildman–Crippen MR) is 119 cm³/mol. The molecule has 7 heteroatoms. The number of carbonyl (C=O) groups is 2. The number of aromatic carboxylic acids is 1.